The maximum absolute atomic E-state index is 5.67. The van der Waals surface area contributed by atoms with Crippen molar-refractivity contribution >= 4 is 28.7 Å². The molecule has 0 aromatic heterocycles. The minimum Gasteiger partial charge on any atom is -0.332 e. The van der Waals surface area contributed by atoms with Crippen LogP contribution in [0.1, 0.15) is 23.6 Å². The standard InChI is InChI=1S/C18H20N2S/c1-12-8-9-13(2)16(10-12)19-18(21)20-14(3)11-15-6-4-5-7-17(15)20/h4-10,14H,11H2,1-3H3,(H,19,21). The van der Waals surface area contributed by atoms with E-state index < -0.39 is 0 Å². The molecule has 1 unspecified atom stereocenters. The highest BCUT2D eigenvalue weighted by Crippen LogP contribution is 2.32. The van der Waals surface area contributed by atoms with Crippen LogP contribution in [-0.4, -0.2) is 11.2 Å². The summed E-state index contributed by atoms with van der Waals surface area (Å²) in [4.78, 5) is 2.23. The number of nitrogens with zero attached hydrogens (tertiary/aromatic N) is 1. The highest BCUT2D eigenvalue weighted by atomic mass is 32.1. The van der Waals surface area contributed by atoms with Crippen LogP contribution in [0.15, 0.2) is 42.5 Å². The monoisotopic (exact) mass is 296 g/mol. The molecule has 1 atom stereocenters. The zero-order chi connectivity index (χ0) is 15.0. The van der Waals surface area contributed by atoms with Crippen molar-refractivity contribution in [2.45, 2.75) is 33.2 Å². The number of anilines is 2. The fourth-order valence-corrected chi connectivity index (χ4v) is 3.31. The molecule has 0 saturated carbocycles. The van der Waals surface area contributed by atoms with E-state index in [-0.39, 0.29) is 0 Å². The Morgan fingerprint density at radius 3 is 2.76 bits per heavy atom. The summed E-state index contributed by atoms with van der Waals surface area (Å²) >= 11 is 5.67. The van der Waals surface area contributed by atoms with Gasteiger partial charge >= 0.3 is 0 Å². The number of fused-ring (bicyclic) bond motifs is 1. The third-order valence-corrected chi connectivity index (χ3v) is 4.36. The van der Waals surface area contributed by atoms with Crippen LogP contribution in [0.25, 0.3) is 0 Å². The maximum atomic E-state index is 5.67. The van der Waals surface area contributed by atoms with Gasteiger partial charge in [0.25, 0.3) is 0 Å². The minimum atomic E-state index is 0.396. The summed E-state index contributed by atoms with van der Waals surface area (Å²) < 4.78 is 0. The average Bonchev–Trinajstić information content (AvgIpc) is 2.78. The van der Waals surface area contributed by atoms with Gasteiger partial charge in [-0.3, -0.25) is 0 Å². The smallest absolute Gasteiger partial charge is 0.178 e. The van der Waals surface area contributed by atoms with E-state index in [1.807, 2.05) is 0 Å². The Morgan fingerprint density at radius 1 is 1.19 bits per heavy atom. The van der Waals surface area contributed by atoms with Gasteiger partial charge in [0, 0.05) is 17.4 Å². The van der Waals surface area contributed by atoms with E-state index in [0.29, 0.717) is 6.04 Å². The molecule has 3 heteroatoms. The Hall–Kier alpha value is -1.87. The van der Waals surface area contributed by atoms with E-state index in [1.165, 1.54) is 22.4 Å². The summed E-state index contributed by atoms with van der Waals surface area (Å²) in [6.45, 7) is 6.42. The number of hydrogen-bond acceptors (Lipinski definition) is 1. The van der Waals surface area contributed by atoms with Crippen LogP contribution < -0.4 is 10.2 Å². The van der Waals surface area contributed by atoms with Gasteiger partial charge in [0.1, 0.15) is 0 Å². The molecule has 2 aromatic rings. The number of rotatable bonds is 1. The summed E-state index contributed by atoms with van der Waals surface area (Å²) in [5, 5.41) is 4.20. The van der Waals surface area contributed by atoms with Crippen molar-refractivity contribution in [2.75, 3.05) is 10.2 Å². The predicted octanol–water partition coefficient (Wildman–Crippen LogP) is 4.45. The van der Waals surface area contributed by atoms with Crippen LogP contribution in [0, 0.1) is 13.8 Å². The van der Waals surface area contributed by atoms with E-state index in [4.69, 9.17) is 12.2 Å². The number of aryl methyl sites for hydroxylation is 2. The van der Waals surface area contributed by atoms with Crippen molar-refractivity contribution in [2.24, 2.45) is 0 Å². The molecule has 1 N–H and O–H groups in total. The van der Waals surface area contributed by atoms with Gasteiger partial charge in [0.2, 0.25) is 0 Å². The molecule has 0 aliphatic carbocycles. The summed E-state index contributed by atoms with van der Waals surface area (Å²) in [7, 11) is 0. The highest BCUT2D eigenvalue weighted by molar-refractivity contribution is 7.80. The summed E-state index contributed by atoms with van der Waals surface area (Å²) in [6, 6.07) is 15.3. The first-order chi connectivity index (χ1) is 10.1. The van der Waals surface area contributed by atoms with Gasteiger partial charge < -0.3 is 10.2 Å². The Morgan fingerprint density at radius 2 is 1.95 bits per heavy atom. The number of thiocarbonyl (C=S) groups is 1. The van der Waals surface area contributed by atoms with Gasteiger partial charge in [-0.05, 0) is 68.2 Å². The van der Waals surface area contributed by atoms with Gasteiger partial charge in [0.15, 0.2) is 5.11 Å². The maximum Gasteiger partial charge on any atom is 0.178 e. The zero-order valence-electron chi connectivity index (χ0n) is 12.7. The van der Waals surface area contributed by atoms with Crippen LogP contribution in [0.3, 0.4) is 0 Å². The molecule has 2 nitrogen and oxygen atoms in total. The van der Waals surface area contributed by atoms with Crippen molar-refractivity contribution in [1.29, 1.82) is 0 Å². The van der Waals surface area contributed by atoms with E-state index in [2.05, 4.69) is 73.5 Å². The van der Waals surface area contributed by atoms with Crippen LogP contribution in [0.4, 0.5) is 11.4 Å². The van der Waals surface area contributed by atoms with Gasteiger partial charge in [0.05, 0.1) is 0 Å². The highest BCUT2D eigenvalue weighted by Gasteiger charge is 2.28. The molecule has 21 heavy (non-hydrogen) atoms. The van der Waals surface area contributed by atoms with Crippen molar-refractivity contribution in [3.05, 3.63) is 59.2 Å². The Kier molecular flexibility index (Phi) is 3.68. The first kappa shape index (κ1) is 14.1. The molecule has 0 spiro atoms. The molecule has 108 valence electrons. The van der Waals surface area contributed by atoms with Crippen molar-refractivity contribution in [1.82, 2.24) is 0 Å². The lowest BCUT2D eigenvalue weighted by molar-refractivity contribution is 0.776. The summed E-state index contributed by atoms with van der Waals surface area (Å²) in [5.74, 6) is 0. The van der Waals surface area contributed by atoms with Gasteiger partial charge in [-0.2, -0.15) is 0 Å². The quantitative estimate of drug-likeness (QED) is 0.783. The second-order valence-corrected chi connectivity index (χ2v) is 6.19. The first-order valence-corrected chi connectivity index (χ1v) is 7.72. The number of nitrogens with one attached hydrogen (secondary N) is 1. The second-order valence-electron chi connectivity index (χ2n) is 5.80. The molecule has 3 rings (SSSR count). The number of hydrogen-bond donors (Lipinski definition) is 1. The molecular weight excluding hydrogens is 276 g/mol. The third-order valence-electron chi connectivity index (χ3n) is 4.06. The first-order valence-electron chi connectivity index (χ1n) is 7.31. The Labute approximate surface area is 131 Å². The molecule has 2 aromatic carbocycles. The van der Waals surface area contributed by atoms with E-state index in [0.717, 1.165) is 17.2 Å². The van der Waals surface area contributed by atoms with Crippen molar-refractivity contribution < 1.29 is 0 Å². The lowest BCUT2D eigenvalue weighted by Crippen LogP contribution is -2.39. The Bertz CT molecular complexity index is 693. The van der Waals surface area contributed by atoms with Crippen LogP contribution in [0.5, 0.6) is 0 Å². The predicted molar refractivity (Wildman–Crippen MR) is 94.2 cm³/mol. The number of para-hydroxylation sites is 1. The fraction of sp³-hybridized carbons (Fsp3) is 0.278. The molecular formula is C18H20N2S. The van der Waals surface area contributed by atoms with Gasteiger partial charge in [-0.15, -0.1) is 0 Å². The molecule has 0 fully saturated rings. The lowest BCUT2D eigenvalue weighted by Gasteiger charge is -2.26. The summed E-state index contributed by atoms with van der Waals surface area (Å²) in [6.07, 6.45) is 1.05. The molecule has 0 radical (unpaired) electrons. The molecule has 0 bridgehead atoms. The minimum absolute atomic E-state index is 0.396. The number of benzene rings is 2. The average molecular weight is 296 g/mol. The normalized spacial score (nSPS) is 16.7. The van der Waals surface area contributed by atoms with E-state index in [1.54, 1.807) is 0 Å². The van der Waals surface area contributed by atoms with E-state index >= 15 is 0 Å². The van der Waals surface area contributed by atoms with Crippen molar-refractivity contribution in [3.8, 4) is 0 Å². The third kappa shape index (κ3) is 2.66. The molecule has 0 saturated heterocycles. The van der Waals surface area contributed by atoms with Crippen LogP contribution in [-0.2, 0) is 6.42 Å². The largest absolute Gasteiger partial charge is 0.332 e. The Balaban J connectivity index is 1.87. The van der Waals surface area contributed by atoms with Crippen LogP contribution >= 0.6 is 12.2 Å². The molecule has 1 aliphatic heterocycles. The fourth-order valence-electron chi connectivity index (χ4n) is 2.92. The summed E-state index contributed by atoms with van der Waals surface area (Å²) in [5.41, 5.74) is 6.14. The second kappa shape index (κ2) is 5.49. The SMILES string of the molecule is Cc1ccc(C)c(NC(=S)N2c3ccccc3CC2C)c1. The molecule has 1 aliphatic rings. The van der Waals surface area contributed by atoms with E-state index in [9.17, 15) is 0 Å². The molecule has 1 heterocycles. The van der Waals surface area contributed by atoms with Crippen LogP contribution in [0.2, 0.25) is 0 Å². The molecule has 0 amide bonds. The van der Waals surface area contributed by atoms with Crippen molar-refractivity contribution in [3.63, 3.8) is 0 Å². The topological polar surface area (TPSA) is 15.3 Å². The van der Waals surface area contributed by atoms with Gasteiger partial charge in [-0.25, -0.2) is 0 Å². The van der Waals surface area contributed by atoms with Gasteiger partial charge in [-0.1, -0.05) is 30.3 Å². The zero-order valence-corrected chi connectivity index (χ0v) is 13.5. The lowest BCUT2D eigenvalue weighted by atomic mass is 10.1.